The summed E-state index contributed by atoms with van der Waals surface area (Å²) in [4.78, 5) is 22.6. The highest BCUT2D eigenvalue weighted by molar-refractivity contribution is 5.78. The molecule has 0 spiro atoms. The molecule has 1 aliphatic rings. The average molecular weight is 242 g/mol. The number of carbonyl (C=O) groups excluding carboxylic acids is 1. The monoisotopic (exact) mass is 242 g/mol. The Labute approximate surface area is 102 Å². The molecule has 17 heavy (non-hydrogen) atoms. The summed E-state index contributed by atoms with van der Waals surface area (Å²) in [6.45, 7) is 4.26. The molecule has 0 heterocycles. The molecule has 5 heteroatoms. The van der Waals surface area contributed by atoms with Crippen molar-refractivity contribution in [2.45, 2.75) is 52.0 Å². The van der Waals surface area contributed by atoms with Crippen molar-refractivity contribution in [1.29, 1.82) is 0 Å². The Kier molecular flexibility index (Phi) is 4.78. The van der Waals surface area contributed by atoms with Gasteiger partial charge in [0.05, 0.1) is 5.41 Å². The Hall–Kier alpha value is -1.26. The summed E-state index contributed by atoms with van der Waals surface area (Å²) in [5.74, 6) is -0.799. The van der Waals surface area contributed by atoms with Crippen LogP contribution in [0.2, 0.25) is 0 Å². The summed E-state index contributed by atoms with van der Waals surface area (Å²) in [5, 5.41) is 14.6. The van der Waals surface area contributed by atoms with Crippen molar-refractivity contribution in [2.75, 3.05) is 6.54 Å². The van der Waals surface area contributed by atoms with Gasteiger partial charge in [-0.3, -0.25) is 4.79 Å². The minimum atomic E-state index is -0.799. The Morgan fingerprint density at radius 1 is 1.29 bits per heavy atom. The van der Waals surface area contributed by atoms with E-state index >= 15 is 0 Å². The number of aliphatic carboxylic acids is 1. The largest absolute Gasteiger partial charge is 0.481 e. The van der Waals surface area contributed by atoms with E-state index in [2.05, 4.69) is 10.6 Å². The first-order chi connectivity index (χ1) is 8.04. The maximum Gasteiger partial charge on any atom is 0.315 e. The van der Waals surface area contributed by atoms with Gasteiger partial charge >= 0.3 is 12.0 Å². The highest BCUT2D eigenvalue weighted by Gasteiger charge is 2.44. The van der Waals surface area contributed by atoms with Gasteiger partial charge in [-0.05, 0) is 25.7 Å². The first-order valence-electron chi connectivity index (χ1n) is 6.32. The maximum atomic E-state index is 11.6. The van der Waals surface area contributed by atoms with Crippen LogP contribution in [0.15, 0.2) is 0 Å². The number of amides is 2. The van der Waals surface area contributed by atoms with E-state index in [9.17, 15) is 9.59 Å². The van der Waals surface area contributed by atoms with Crippen LogP contribution >= 0.6 is 0 Å². The number of carboxylic acids is 1. The highest BCUT2D eigenvalue weighted by Crippen LogP contribution is 2.40. The molecule has 1 fully saturated rings. The lowest BCUT2D eigenvalue weighted by atomic mass is 9.69. The molecule has 0 bridgehead atoms. The van der Waals surface area contributed by atoms with Gasteiger partial charge < -0.3 is 15.7 Å². The van der Waals surface area contributed by atoms with Crippen LogP contribution in [0.25, 0.3) is 0 Å². The fourth-order valence-corrected chi connectivity index (χ4v) is 2.05. The van der Waals surface area contributed by atoms with Crippen LogP contribution in [-0.2, 0) is 4.79 Å². The molecule has 0 aromatic carbocycles. The van der Waals surface area contributed by atoms with Crippen LogP contribution < -0.4 is 10.6 Å². The fraction of sp³-hybridized carbons (Fsp3) is 0.833. The molecular weight excluding hydrogens is 220 g/mol. The second kappa shape index (κ2) is 5.89. The second-order valence-electron chi connectivity index (χ2n) is 4.78. The molecule has 0 aromatic heterocycles. The third-order valence-electron chi connectivity index (χ3n) is 3.67. The van der Waals surface area contributed by atoms with E-state index in [1.54, 1.807) is 0 Å². The summed E-state index contributed by atoms with van der Waals surface area (Å²) in [6, 6.07) is -0.0941. The zero-order valence-corrected chi connectivity index (χ0v) is 10.6. The lowest BCUT2D eigenvalue weighted by Gasteiger charge is -2.37. The zero-order valence-electron chi connectivity index (χ0n) is 10.6. The molecule has 0 radical (unpaired) electrons. The Morgan fingerprint density at radius 2 is 1.88 bits per heavy atom. The molecular formula is C12H22N2O3. The first kappa shape index (κ1) is 13.8. The normalized spacial score (nSPS) is 17.4. The molecule has 2 amide bonds. The zero-order chi connectivity index (χ0) is 12.9. The van der Waals surface area contributed by atoms with Crippen molar-refractivity contribution in [3.63, 3.8) is 0 Å². The van der Waals surface area contributed by atoms with Gasteiger partial charge in [0.2, 0.25) is 0 Å². The van der Waals surface area contributed by atoms with E-state index in [1.165, 1.54) is 0 Å². The predicted octanol–water partition coefficient (Wildman–Crippen LogP) is 1.73. The third kappa shape index (κ3) is 3.35. The number of hydrogen-bond donors (Lipinski definition) is 3. The van der Waals surface area contributed by atoms with Crippen molar-refractivity contribution in [2.24, 2.45) is 5.41 Å². The average Bonchev–Trinajstić information content (AvgIpc) is 2.23. The molecule has 3 N–H and O–H groups in total. The van der Waals surface area contributed by atoms with Gasteiger partial charge in [-0.15, -0.1) is 0 Å². The van der Waals surface area contributed by atoms with Crippen molar-refractivity contribution in [3.05, 3.63) is 0 Å². The number of carboxylic acid groups (broad SMARTS) is 1. The molecule has 1 rings (SSSR count). The van der Waals surface area contributed by atoms with Crippen LogP contribution in [0.5, 0.6) is 0 Å². The summed E-state index contributed by atoms with van der Waals surface area (Å²) < 4.78 is 0. The Morgan fingerprint density at radius 3 is 2.24 bits per heavy atom. The van der Waals surface area contributed by atoms with Crippen LogP contribution in [0, 0.1) is 5.41 Å². The SMILES string of the molecule is CCC(CC)NC(=O)NCC1(C(=O)O)CCC1. The van der Waals surface area contributed by atoms with Gasteiger partial charge in [-0.1, -0.05) is 20.3 Å². The van der Waals surface area contributed by atoms with Gasteiger partial charge in [0.1, 0.15) is 0 Å². The molecule has 0 aliphatic heterocycles. The molecule has 0 aromatic rings. The van der Waals surface area contributed by atoms with Gasteiger partial charge in [-0.25, -0.2) is 4.79 Å². The van der Waals surface area contributed by atoms with Crippen molar-refractivity contribution in [1.82, 2.24) is 10.6 Å². The van der Waals surface area contributed by atoms with Crippen molar-refractivity contribution < 1.29 is 14.7 Å². The fourth-order valence-electron chi connectivity index (χ4n) is 2.05. The quantitative estimate of drug-likeness (QED) is 0.663. The minimum Gasteiger partial charge on any atom is -0.481 e. The van der Waals surface area contributed by atoms with Gasteiger partial charge in [0, 0.05) is 12.6 Å². The smallest absolute Gasteiger partial charge is 0.315 e. The molecule has 1 aliphatic carbocycles. The topological polar surface area (TPSA) is 78.4 Å². The highest BCUT2D eigenvalue weighted by atomic mass is 16.4. The van der Waals surface area contributed by atoms with E-state index in [0.717, 1.165) is 19.3 Å². The second-order valence-corrected chi connectivity index (χ2v) is 4.78. The molecule has 98 valence electrons. The number of nitrogens with one attached hydrogen (secondary N) is 2. The van der Waals surface area contributed by atoms with Crippen molar-refractivity contribution in [3.8, 4) is 0 Å². The number of rotatable bonds is 6. The number of urea groups is 1. The summed E-state index contributed by atoms with van der Waals surface area (Å²) in [7, 11) is 0. The predicted molar refractivity (Wildman–Crippen MR) is 64.8 cm³/mol. The Balaban J connectivity index is 2.34. The standard InChI is InChI=1S/C12H22N2O3/c1-3-9(4-2)14-11(17)13-8-12(10(15)16)6-5-7-12/h9H,3-8H2,1-2H3,(H,15,16)(H2,13,14,17). The van der Waals surface area contributed by atoms with E-state index in [-0.39, 0.29) is 18.6 Å². The maximum absolute atomic E-state index is 11.6. The minimum absolute atomic E-state index is 0.164. The number of carbonyl (C=O) groups is 2. The first-order valence-corrected chi connectivity index (χ1v) is 6.32. The third-order valence-corrected chi connectivity index (χ3v) is 3.67. The van der Waals surface area contributed by atoms with Crippen LogP contribution in [0.4, 0.5) is 4.79 Å². The van der Waals surface area contributed by atoms with Crippen LogP contribution in [-0.4, -0.2) is 29.7 Å². The van der Waals surface area contributed by atoms with E-state index in [4.69, 9.17) is 5.11 Å². The summed E-state index contributed by atoms with van der Waals surface area (Å²) >= 11 is 0. The van der Waals surface area contributed by atoms with Gasteiger partial charge in [-0.2, -0.15) is 0 Å². The van der Waals surface area contributed by atoms with E-state index in [0.29, 0.717) is 12.8 Å². The van der Waals surface area contributed by atoms with Gasteiger partial charge in [0.25, 0.3) is 0 Å². The molecule has 1 saturated carbocycles. The lowest BCUT2D eigenvalue weighted by Crippen LogP contribution is -2.51. The number of hydrogen-bond acceptors (Lipinski definition) is 2. The molecule has 0 unspecified atom stereocenters. The van der Waals surface area contributed by atoms with E-state index in [1.807, 2.05) is 13.8 Å². The Bertz CT molecular complexity index is 283. The molecule has 5 nitrogen and oxygen atoms in total. The van der Waals surface area contributed by atoms with Crippen LogP contribution in [0.3, 0.4) is 0 Å². The van der Waals surface area contributed by atoms with Crippen molar-refractivity contribution >= 4 is 12.0 Å². The summed E-state index contributed by atoms with van der Waals surface area (Å²) in [5.41, 5.74) is -0.717. The lowest BCUT2D eigenvalue weighted by molar-refractivity contribution is -0.153. The van der Waals surface area contributed by atoms with Gasteiger partial charge in [0.15, 0.2) is 0 Å². The molecule has 0 atom stereocenters. The van der Waals surface area contributed by atoms with E-state index < -0.39 is 11.4 Å². The van der Waals surface area contributed by atoms with Crippen LogP contribution in [0.1, 0.15) is 46.0 Å². The summed E-state index contributed by atoms with van der Waals surface area (Å²) in [6.07, 6.45) is 4.02. The molecule has 0 saturated heterocycles.